The van der Waals surface area contributed by atoms with Crippen LogP contribution in [0.1, 0.15) is 57.1 Å². The van der Waals surface area contributed by atoms with Gasteiger partial charge in [0.1, 0.15) is 5.82 Å². The SMILES string of the molecule is Cc1nc(N2CCC3(CCCOC3)CC2)ccc1NC1CC2(CC(N)C2)C1. The lowest BCUT2D eigenvalue weighted by molar-refractivity contribution is -0.0210. The van der Waals surface area contributed by atoms with E-state index in [1.54, 1.807) is 0 Å². The molecular weight excluding hydrogens is 336 g/mol. The van der Waals surface area contributed by atoms with Crippen molar-refractivity contribution in [1.29, 1.82) is 0 Å². The van der Waals surface area contributed by atoms with Crippen molar-refractivity contribution in [1.82, 2.24) is 4.98 Å². The molecule has 4 fully saturated rings. The van der Waals surface area contributed by atoms with Crippen molar-refractivity contribution in [2.75, 3.05) is 36.5 Å². The monoisotopic (exact) mass is 370 g/mol. The fourth-order valence-electron chi connectivity index (χ4n) is 6.08. The predicted octanol–water partition coefficient (Wildman–Crippen LogP) is 3.47. The first kappa shape index (κ1) is 17.7. The van der Waals surface area contributed by atoms with Gasteiger partial charge in [-0.25, -0.2) is 4.98 Å². The van der Waals surface area contributed by atoms with E-state index in [0.717, 1.165) is 37.8 Å². The summed E-state index contributed by atoms with van der Waals surface area (Å²) in [6.07, 6.45) is 10.0. The lowest BCUT2D eigenvalue weighted by atomic mass is 9.52. The molecule has 2 aliphatic heterocycles. The van der Waals surface area contributed by atoms with Crippen molar-refractivity contribution >= 4 is 11.5 Å². The highest BCUT2D eigenvalue weighted by molar-refractivity contribution is 5.54. The molecule has 2 saturated carbocycles. The Morgan fingerprint density at radius 1 is 1.11 bits per heavy atom. The normalized spacial score (nSPS) is 35.0. The van der Waals surface area contributed by atoms with Crippen LogP contribution in [-0.2, 0) is 4.74 Å². The third-order valence-corrected chi connectivity index (χ3v) is 7.73. The van der Waals surface area contributed by atoms with Gasteiger partial charge in [-0.15, -0.1) is 0 Å². The van der Waals surface area contributed by atoms with Crippen molar-refractivity contribution in [2.24, 2.45) is 16.6 Å². The summed E-state index contributed by atoms with van der Waals surface area (Å²) in [6.45, 7) is 6.27. The van der Waals surface area contributed by atoms with Crippen LogP contribution in [0.3, 0.4) is 0 Å². The number of nitrogens with one attached hydrogen (secondary N) is 1. The van der Waals surface area contributed by atoms with Crippen LogP contribution >= 0.6 is 0 Å². The summed E-state index contributed by atoms with van der Waals surface area (Å²) in [4.78, 5) is 7.40. The minimum Gasteiger partial charge on any atom is -0.381 e. The molecule has 3 N–H and O–H groups in total. The molecule has 5 nitrogen and oxygen atoms in total. The van der Waals surface area contributed by atoms with Crippen molar-refractivity contribution < 1.29 is 4.74 Å². The molecule has 1 aromatic rings. The molecule has 3 heterocycles. The summed E-state index contributed by atoms with van der Waals surface area (Å²) in [7, 11) is 0. The van der Waals surface area contributed by atoms with Crippen LogP contribution in [0.4, 0.5) is 11.5 Å². The highest BCUT2D eigenvalue weighted by atomic mass is 16.5. The number of ether oxygens (including phenoxy) is 1. The van der Waals surface area contributed by atoms with Gasteiger partial charge >= 0.3 is 0 Å². The second kappa shape index (κ2) is 6.63. The highest BCUT2D eigenvalue weighted by Gasteiger charge is 2.51. The van der Waals surface area contributed by atoms with Gasteiger partial charge in [-0.1, -0.05) is 0 Å². The number of hydrogen-bond donors (Lipinski definition) is 2. The minimum atomic E-state index is 0.440. The van der Waals surface area contributed by atoms with E-state index in [-0.39, 0.29) is 0 Å². The zero-order valence-electron chi connectivity index (χ0n) is 16.7. The van der Waals surface area contributed by atoms with E-state index in [1.807, 2.05) is 0 Å². The van der Waals surface area contributed by atoms with Crippen molar-refractivity contribution in [2.45, 2.75) is 70.4 Å². The van der Waals surface area contributed by atoms with Gasteiger partial charge in [-0.05, 0) is 81.3 Å². The van der Waals surface area contributed by atoms with Gasteiger partial charge in [-0.3, -0.25) is 0 Å². The van der Waals surface area contributed by atoms with Crippen LogP contribution in [0.5, 0.6) is 0 Å². The smallest absolute Gasteiger partial charge is 0.128 e. The number of hydrogen-bond acceptors (Lipinski definition) is 5. The quantitative estimate of drug-likeness (QED) is 0.853. The van der Waals surface area contributed by atoms with E-state index < -0.39 is 0 Å². The average molecular weight is 371 g/mol. The third kappa shape index (κ3) is 3.33. The zero-order chi connectivity index (χ0) is 18.5. The molecule has 0 amide bonds. The molecule has 0 bridgehead atoms. The molecule has 4 aliphatic rings. The molecule has 27 heavy (non-hydrogen) atoms. The Morgan fingerprint density at radius 3 is 2.52 bits per heavy atom. The van der Waals surface area contributed by atoms with Gasteiger partial charge in [0, 0.05) is 31.8 Å². The molecule has 2 spiro atoms. The Morgan fingerprint density at radius 2 is 1.89 bits per heavy atom. The molecule has 148 valence electrons. The number of aromatic nitrogens is 1. The Labute approximate surface area is 163 Å². The van der Waals surface area contributed by atoms with E-state index in [4.69, 9.17) is 15.5 Å². The van der Waals surface area contributed by atoms with Crippen molar-refractivity contribution in [3.8, 4) is 0 Å². The molecule has 2 aliphatic carbocycles. The Hall–Kier alpha value is -1.33. The summed E-state index contributed by atoms with van der Waals surface area (Å²) in [5.74, 6) is 1.14. The molecule has 0 aromatic carbocycles. The zero-order valence-corrected chi connectivity index (χ0v) is 16.7. The molecule has 2 saturated heterocycles. The molecule has 5 heteroatoms. The van der Waals surface area contributed by atoms with E-state index in [9.17, 15) is 0 Å². The second-order valence-corrected chi connectivity index (χ2v) is 9.86. The maximum Gasteiger partial charge on any atom is 0.128 e. The van der Waals surface area contributed by atoms with Gasteiger partial charge < -0.3 is 20.7 Å². The van der Waals surface area contributed by atoms with E-state index >= 15 is 0 Å². The van der Waals surface area contributed by atoms with Crippen LogP contribution in [0.15, 0.2) is 12.1 Å². The summed E-state index contributed by atoms with van der Waals surface area (Å²) in [5.41, 5.74) is 9.32. The van der Waals surface area contributed by atoms with Crippen LogP contribution < -0.4 is 16.0 Å². The van der Waals surface area contributed by atoms with Gasteiger partial charge in [0.2, 0.25) is 0 Å². The Bertz CT molecular complexity index is 676. The van der Waals surface area contributed by atoms with Crippen LogP contribution in [-0.4, -0.2) is 43.4 Å². The molecule has 0 atom stereocenters. The predicted molar refractivity (Wildman–Crippen MR) is 109 cm³/mol. The molecule has 0 radical (unpaired) electrons. The highest BCUT2D eigenvalue weighted by Crippen LogP contribution is 2.56. The fraction of sp³-hybridized carbons (Fsp3) is 0.773. The summed E-state index contributed by atoms with van der Waals surface area (Å²) in [5, 5.41) is 3.72. The minimum absolute atomic E-state index is 0.440. The van der Waals surface area contributed by atoms with Crippen molar-refractivity contribution in [3.05, 3.63) is 17.8 Å². The lowest BCUT2D eigenvalue weighted by Gasteiger charge is -2.57. The van der Waals surface area contributed by atoms with Gasteiger partial charge in [0.05, 0.1) is 18.0 Å². The van der Waals surface area contributed by atoms with Gasteiger partial charge in [-0.2, -0.15) is 0 Å². The number of aryl methyl sites for hydroxylation is 1. The second-order valence-electron chi connectivity index (χ2n) is 9.86. The number of rotatable bonds is 3. The number of piperidine rings is 1. The topological polar surface area (TPSA) is 63.4 Å². The first-order valence-corrected chi connectivity index (χ1v) is 10.9. The summed E-state index contributed by atoms with van der Waals surface area (Å²) >= 11 is 0. The van der Waals surface area contributed by atoms with Crippen molar-refractivity contribution in [3.63, 3.8) is 0 Å². The lowest BCUT2D eigenvalue weighted by Crippen LogP contribution is -2.57. The van der Waals surface area contributed by atoms with Crippen LogP contribution in [0.25, 0.3) is 0 Å². The number of nitrogens with two attached hydrogens (primary N) is 1. The van der Waals surface area contributed by atoms with E-state index in [2.05, 4.69) is 29.3 Å². The first-order valence-electron chi connectivity index (χ1n) is 10.9. The molecular formula is C22H34N4O. The average Bonchev–Trinajstić information content (AvgIpc) is 2.61. The maximum absolute atomic E-state index is 5.98. The maximum atomic E-state index is 5.98. The fourth-order valence-corrected chi connectivity index (χ4v) is 6.08. The Balaban J connectivity index is 1.17. The largest absolute Gasteiger partial charge is 0.381 e. The summed E-state index contributed by atoms with van der Waals surface area (Å²) < 4.78 is 5.78. The molecule has 1 aromatic heterocycles. The van der Waals surface area contributed by atoms with Crippen LogP contribution in [0, 0.1) is 17.8 Å². The van der Waals surface area contributed by atoms with Gasteiger partial charge in [0.25, 0.3) is 0 Å². The molecule has 0 unspecified atom stereocenters. The molecule has 5 rings (SSSR count). The van der Waals surface area contributed by atoms with E-state index in [1.165, 1.54) is 57.1 Å². The number of nitrogens with zero attached hydrogens (tertiary/aromatic N) is 2. The third-order valence-electron chi connectivity index (χ3n) is 7.73. The van der Waals surface area contributed by atoms with Gasteiger partial charge in [0.15, 0.2) is 0 Å². The number of pyridine rings is 1. The Kier molecular flexibility index (Phi) is 4.36. The number of anilines is 2. The standard InChI is InChI=1S/C22H34N4O/c1-16-19(25-18-13-22(14-18)11-17(23)12-22)3-4-20(24-16)26-8-6-21(7-9-26)5-2-10-27-15-21/h3-4,17-18,25H,2,5-15,23H2,1H3. The first-order chi connectivity index (χ1) is 13.0. The van der Waals surface area contributed by atoms with E-state index in [0.29, 0.717) is 22.9 Å². The van der Waals surface area contributed by atoms with Crippen LogP contribution in [0.2, 0.25) is 0 Å². The summed E-state index contributed by atoms with van der Waals surface area (Å²) in [6, 6.07) is 5.50.